The molecule has 2 aromatic carbocycles. The van der Waals surface area contributed by atoms with Crippen LogP contribution in [0.3, 0.4) is 0 Å². The molecule has 0 aromatic heterocycles. The minimum absolute atomic E-state index is 0.0904. The first kappa shape index (κ1) is 18.5. The number of halogens is 1. The van der Waals surface area contributed by atoms with Crippen molar-refractivity contribution in [2.45, 2.75) is 26.2 Å². The van der Waals surface area contributed by atoms with Gasteiger partial charge in [0.15, 0.2) is 0 Å². The summed E-state index contributed by atoms with van der Waals surface area (Å²) in [4.78, 5) is 29.0. The Kier molecular flexibility index (Phi) is 4.79. The van der Waals surface area contributed by atoms with Gasteiger partial charge in [0, 0.05) is 19.5 Å². The zero-order chi connectivity index (χ0) is 19.8. The van der Waals surface area contributed by atoms with Gasteiger partial charge in [0.2, 0.25) is 11.8 Å². The molecule has 0 aliphatic carbocycles. The first-order chi connectivity index (χ1) is 13.5. The van der Waals surface area contributed by atoms with Crippen molar-refractivity contribution in [2.24, 2.45) is 5.92 Å². The molecule has 0 radical (unpaired) electrons. The van der Waals surface area contributed by atoms with E-state index in [1.165, 1.54) is 11.0 Å². The van der Waals surface area contributed by atoms with Gasteiger partial charge in [0.1, 0.15) is 11.6 Å². The lowest BCUT2D eigenvalue weighted by Crippen LogP contribution is -2.41. The van der Waals surface area contributed by atoms with E-state index < -0.39 is 11.7 Å². The molecule has 0 N–H and O–H groups in total. The third-order valence-electron chi connectivity index (χ3n) is 5.66. The van der Waals surface area contributed by atoms with Crippen molar-refractivity contribution >= 4 is 23.2 Å². The molecular formula is C22H23FN2O3. The number of anilines is 2. The smallest absolute Gasteiger partial charge is 0.232 e. The van der Waals surface area contributed by atoms with E-state index in [1.807, 2.05) is 19.1 Å². The monoisotopic (exact) mass is 382 g/mol. The Labute approximate surface area is 163 Å². The summed E-state index contributed by atoms with van der Waals surface area (Å²) < 4.78 is 19.6. The molecule has 1 saturated heterocycles. The Morgan fingerprint density at radius 3 is 2.75 bits per heavy atom. The van der Waals surface area contributed by atoms with E-state index in [-0.39, 0.29) is 30.5 Å². The van der Waals surface area contributed by atoms with Crippen molar-refractivity contribution in [3.63, 3.8) is 0 Å². The standard InChI is InChI=1S/C22H23FN2O3/c1-14-9-10-19(28-2)21-16(14)6-5-11-24(21)22(27)15-12-20(26)25(13-15)18-8-4-3-7-17(18)23/h3-4,7-10,15H,5-6,11-13H2,1-2H3. The van der Waals surface area contributed by atoms with Gasteiger partial charge in [-0.05, 0) is 49.1 Å². The van der Waals surface area contributed by atoms with Crippen LogP contribution < -0.4 is 14.5 Å². The van der Waals surface area contributed by atoms with Crippen LogP contribution in [-0.2, 0) is 16.0 Å². The minimum Gasteiger partial charge on any atom is -0.495 e. The molecule has 2 aliphatic heterocycles. The summed E-state index contributed by atoms with van der Waals surface area (Å²) >= 11 is 0. The van der Waals surface area contributed by atoms with Crippen LogP contribution in [0.1, 0.15) is 24.0 Å². The maximum atomic E-state index is 14.1. The summed E-state index contributed by atoms with van der Waals surface area (Å²) in [7, 11) is 1.60. The molecule has 0 saturated carbocycles. The van der Waals surface area contributed by atoms with Gasteiger partial charge in [-0.15, -0.1) is 0 Å². The van der Waals surface area contributed by atoms with E-state index >= 15 is 0 Å². The molecule has 2 amide bonds. The van der Waals surface area contributed by atoms with Crippen molar-refractivity contribution in [3.05, 3.63) is 53.3 Å². The molecule has 4 rings (SSSR count). The lowest BCUT2D eigenvalue weighted by atomic mass is 9.94. The van der Waals surface area contributed by atoms with E-state index in [0.717, 1.165) is 29.7 Å². The molecule has 1 unspecified atom stereocenters. The fourth-order valence-electron chi connectivity index (χ4n) is 4.23. The predicted molar refractivity (Wildman–Crippen MR) is 105 cm³/mol. The molecule has 146 valence electrons. The van der Waals surface area contributed by atoms with Crippen LogP contribution in [0.15, 0.2) is 36.4 Å². The number of ether oxygens (including phenoxy) is 1. The van der Waals surface area contributed by atoms with Gasteiger partial charge in [-0.1, -0.05) is 18.2 Å². The number of amides is 2. The highest BCUT2D eigenvalue weighted by molar-refractivity contribution is 6.05. The summed E-state index contributed by atoms with van der Waals surface area (Å²) in [6, 6.07) is 10.1. The highest BCUT2D eigenvalue weighted by atomic mass is 19.1. The third-order valence-corrected chi connectivity index (χ3v) is 5.66. The van der Waals surface area contributed by atoms with Crippen molar-refractivity contribution in [1.82, 2.24) is 0 Å². The van der Waals surface area contributed by atoms with Gasteiger partial charge >= 0.3 is 0 Å². The van der Waals surface area contributed by atoms with E-state index in [4.69, 9.17) is 4.74 Å². The van der Waals surface area contributed by atoms with Gasteiger partial charge < -0.3 is 14.5 Å². The summed E-state index contributed by atoms with van der Waals surface area (Å²) in [5, 5.41) is 0. The number of aryl methyl sites for hydroxylation is 1. The summed E-state index contributed by atoms with van der Waals surface area (Å²) in [5.74, 6) is -0.606. The minimum atomic E-state index is -0.497. The molecule has 0 spiro atoms. The maximum Gasteiger partial charge on any atom is 0.232 e. The second-order valence-electron chi connectivity index (χ2n) is 7.36. The Hall–Kier alpha value is -2.89. The first-order valence-corrected chi connectivity index (χ1v) is 9.54. The summed E-state index contributed by atoms with van der Waals surface area (Å²) in [6.45, 7) is 2.82. The molecule has 28 heavy (non-hydrogen) atoms. The summed E-state index contributed by atoms with van der Waals surface area (Å²) in [5.41, 5.74) is 3.30. The fourth-order valence-corrected chi connectivity index (χ4v) is 4.23. The lowest BCUT2D eigenvalue weighted by molar-refractivity contribution is -0.124. The number of methoxy groups -OCH3 is 1. The van der Waals surface area contributed by atoms with Crippen LogP contribution in [0, 0.1) is 18.7 Å². The molecule has 1 fully saturated rings. The van der Waals surface area contributed by atoms with Gasteiger partial charge in [-0.2, -0.15) is 0 Å². The molecule has 2 aliphatic rings. The number of benzene rings is 2. The van der Waals surface area contributed by atoms with Gasteiger partial charge in [-0.3, -0.25) is 9.59 Å². The van der Waals surface area contributed by atoms with Gasteiger partial charge in [0.25, 0.3) is 0 Å². The number of fused-ring (bicyclic) bond motifs is 1. The largest absolute Gasteiger partial charge is 0.495 e. The van der Waals surface area contributed by atoms with Crippen molar-refractivity contribution in [2.75, 3.05) is 30.0 Å². The number of carbonyl (C=O) groups excluding carboxylic acids is 2. The molecule has 6 heteroatoms. The average Bonchev–Trinajstić information content (AvgIpc) is 3.09. The first-order valence-electron chi connectivity index (χ1n) is 9.54. The van der Waals surface area contributed by atoms with Crippen LogP contribution in [0.4, 0.5) is 15.8 Å². The third kappa shape index (κ3) is 3.03. The van der Waals surface area contributed by atoms with Crippen LogP contribution in [0.2, 0.25) is 0 Å². The quantitative estimate of drug-likeness (QED) is 0.817. The Morgan fingerprint density at radius 1 is 1.21 bits per heavy atom. The topological polar surface area (TPSA) is 49.9 Å². The zero-order valence-corrected chi connectivity index (χ0v) is 16.1. The highest BCUT2D eigenvalue weighted by Crippen LogP contribution is 2.40. The molecule has 5 nitrogen and oxygen atoms in total. The number of carbonyl (C=O) groups is 2. The second kappa shape index (κ2) is 7.26. The van der Waals surface area contributed by atoms with E-state index in [2.05, 4.69) is 0 Å². The average molecular weight is 382 g/mol. The fraction of sp³-hybridized carbons (Fsp3) is 0.364. The van der Waals surface area contributed by atoms with Crippen molar-refractivity contribution in [3.8, 4) is 5.75 Å². The normalized spacial score (nSPS) is 19.0. The Morgan fingerprint density at radius 2 is 2.00 bits per heavy atom. The van der Waals surface area contributed by atoms with E-state index in [9.17, 15) is 14.0 Å². The predicted octanol–water partition coefficient (Wildman–Crippen LogP) is 3.48. The molecule has 2 heterocycles. The second-order valence-corrected chi connectivity index (χ2v) is 7.36. The molecular weight excluding hydrogens is 359 g/mol. The van der Waals surface area contributed by atoms with Gasteiger partial charge in [0.05, 0.1) is 24.4 Å². The Balaban J connectivity index is 1.63. The molecule has 1 atom stereocenters. The maximum absolute atomic E-state index is 14.1. The molecule has 2 aromatic rings. The van der Waals surface area contributed by atoms with Crippen molar-refractivity contribution < 1.29 is 18.7 Å². The van der Waals surface area contributed by atoms with Crippen LogP contribution in [-0.4, -0.2) is 32.0 Å². The number of rotatable bonds is 3. The number of para-hydroxylation sites is 1. The van der Waals surface area contributed by atoms with E-state index in [1.54, 1.807) is 30.2 Å². The Bertz CT molecular complexity index is 943. The SMILES string of the molecule is COc1ccc(C)c2c1N(C(=O)C1CC(=O)N(c3ccccc3F)C1)CCC2. The molecule has 0 bridgehead atoms. The highest BCUT2D eigenvalue weighted by Gasteiger charge is 2.40. The van der Waals surface area contributed by atoms with Crippen LogP contribution in [0.5, 0.6) is 5.75 Å². The summed E-state index contributed by atoms with van der Waals surface area (Å²) in [6.07, 6.45) is 1.85. The van der Waals surface area contributed by atoms with Crippen molar-refractivity contribution in [1.29, 1.82) is 0 Å². The van der Waals surface area contributed by atoms with Gasteiger partial charge in [-0.25, -0.2) is 4.39 Å². The number of nitrogens with zero attached hydrogens (tertiary/aromatic N) is 2. The van der Waals surface area contributed by atoms with E-state index in [0.29, 0.717) is 12.3 Å². The zero-order valence-electron chi connectivity index (χ0n) is 16.1. The number of hydrogen-bond acceptors (Lipinski definition) is 3. The number of hydrogen-bond donors (Lipinski definition) is 0. The van der Waals surface area contributed by atoms with Crippen LogP contribution in [0.25, 0.3) is 0 Å². The van der Waals surface area contributed by atoms with Crippen LogP contribution >= 0.6 is 0 Å². The lowest BCUT2D eigenvalue weighted by Gasteiger charge is -2.33.